The zero-order chi connectivity index (χ0) is 10.8. The average Bonchev–Trinajstić information content (AvgIpc) is 2.18. The third-order valence-corrected chi connectivity index (χ3v) is 3.24. The second-order valence-electron chi connectivity index (χ2n) is 4.55. The van der Waals surface area contributed by atoms with Crippen molar-refractivity contribution >= 4 is 0 Å². The van der Waals surface area contributed by atoms with Gasteiger partial charge in [-0.3, -0.25) is 0 Å². The van der Waals surface area contributed by atoms with E-state index < -0.39 is 0 Å². The standard InChI is InChI=1S/C14H29/c1-5-8-9-10-12-14(7-3)13(4)11-6-2/h14H,5-12H2,1-4H3. The van der Waals surface area contributed by atoms with Gasteiger partial charge in [0.25, 0.3) is 0 Å². The summed E-state index contributed by atoms with van der Waals surface area (Å²) in [7, 11) is 0. The van der Waals surface area contributed by atoms with Crippen molar-refractivity contribution in [3.63, 3.8) is 0 Å². The lowest BCUT2D eigenvalue weighted by Crippen LogP contribution is -2.08. The molecule has 1 radical (unpaired) electrons. The summed E-state index contributed by atoms with van der Waals surface area (Å²) in [6, 6.07) is 0. The van der Waals surface area contributed by atoms with E-state index in [0.717, 1.165) is 5.92 Å². The molecule has 85 valence electrons. The molecule has 0 nitrogen and oxygen atoms in total. The van der Waals surface area contributed by atoms with E-state index in [2.05, 4.69) is 27.7 Å². The van der Waals surface area contributed by atoms with Gasteiger partial charge in [0.2, 0.25) is 0 Å². The molecule has 0 heteroatoms. The predicted molar refractivity (Wildman–Crippen MR) is 66.4 cm³/mol. The van der Waals surface area contributed by atoms with E-state index in [1.807, 2.05) is 0 Å². The fourth-order valence-corrected chi connectivity index (χ4v) is 2.21. The molecule has 0 aromatic carbocycles. The molecule has 0 aliphatic heterocycles. The Labute approximate surface area is 91.5 Å². The van der Waals surface area contributed by atoms with Crippen LogP contribution in [0.2, 0.25) is 0 Å². The Morgan fingerprint density at radius 3 is 2.14 bits per heavy atom. The van der Waals surface area contributed by atoms with E-state index in [1.54, 1.807) is 5.92 Å². The summed E-state index contributed by atoms with van der Waals surface area (Å²) in [5, 5.41) is 0. The van der Waals surface area contributed by atoms with Crippen LogP contribution in [0, 0.1) is 11.8 Å². The maximum Gasteiger partial charge on any atom is -0.0241 e. The minimum absolute atomic E-state index is 0.909. The molecule has 0 bridgehead atoms. The van der Waals surface area contributed by atoms with E-state index in [-0.39, 0.29) is 0 Å². The highest BCUT2D eigenvalue weighted by Gasteiger charge is 2.14. The maximum absolute atomic E-state index is 2.36. The smallest absolute Gasteiger partial charge is 0.0241 e. The number of rotatable bonds is 9. The van der Waals surface area contributed by atoms with Crippen molar-refractivity contribution in [1.29, 1.82) is 0 Å². The Kier molecular flexibility index (Phi) is 9.55. The second-order valence-corrected chi connectivity index (χ2v) is 4.55. The molecule has 0 N–H and O–H groups in total. The molecule has 0 aromatic rings. The monoisotopic (exact) mass is 197 g/mol. The molecular formula is C14H29. The molecule has 0 amide bonds. The van der Waals surface area contributed by atoms with Crippen LogP contribution in [0.1, 0.15) is 79.1 Å². The molecule has 0 aliphatic rings. The predicted octanol–water partition coefficient (Wildman–Crippen LogP) is 5.38. The Hall–Kier alpha value is 0. The van der Waals surface area contributed by atoms with Crippen molar-refractivity contribution in [1.82, 2.24) is 0 Å². The highest BCUT2D eigenvalue weighted by Crippen LogP contribution is 2.27. The first kappa shape index (κ1) is 14.0. The van der Waals surface area contributed by atoms with Crippen LogP contribution in [0.4, 0.5) is 0 Å². The summed E-state index contributed by atoms with van der Waals surface area (Å²) >= 11 is 0. The van der Waals surface area contributed by atoms with Crippen molar-refractivity contribution < 1.29 is 0 Å². The first-order valence-electron chi connectivity index (χ1n) is 6.58. The Morgan fingerprint density at radius 2 is 1.64 bits per heavy atom. The molecule has 0 rings (SSSR count). The summed E-state index contributed by atoms with van der Waals surface area (Å²) in [5.41, 5.74) is 0. The Balaban J connectivity index is 3.56. The van der Waals surface area contributed by atoms with Gasteiger partial charge in [-0.1, -0.05) is 66.2 Å². The fourth-order valence-electron chi connectivity index (χ4n) is 2.21. The van der Waals surface area contributed by atoms with Gasteiger partial charge in [-0.05, 0) is 24.7 Å². The van der Waals surface area contributed by atoms with Crippen LogP contribution in [0.15, 0.2) is 0 Å². The topological polar surface area (TPSA) is 0 Å². The first-order chi connectivity index (χ1) is 6.76. The zero-order valence-electron chi connectivity index (χ0n) is 10.7. The van der Waals surface area contributed by atoms with Crippen LogP contribution in [0.3, 0.4) is 0 Å². The van der Waals surface area contributed by atoms with E-state index >= 15 is 0 Å². The molecule has 0 aromatic heterocycles. The molecule has 0 heterocycles. The molecule has 0 saturated carbocycles. The third-order valence-electron chi connectivity index (χ3n) is 3.24. The summed E-state index contributed by atoms with van der Waals surface area (Å²) in [6.45, 7) is 9.26. The minimum Gasteiger partial charge on any atom is -0.0654 e. The lowest BCUT2D eigenvalue weighted by atomic mass is 9.84. The third kappa shape index (κ3) is 6.45. The van der Waals surface area contributed by atoms with Crippen molar-refractivity contribution in [2.45, 2.75) is 79.1 Å². The van der Waals surface area contributed by atoms with E-state index in [1.165, 1.54) is 51.4 Å². The fraction of sp³-hybridized carbons (Fsp3) is 0.929. The Morgan fingerprint density at radius 1 is 0.929 bits per heavy atom. The van der Waals surface area contributed by atoms with Gasteiger partial charge in [-0.25, -0.2) is 0 Å². The number of hydrogen-bond acceptors (Lipinski definition) is 0. The van der Waals surface area contributed by atoms with Crippen LogP contribution in [-0.2, 0) is 0 Å². The van der Waals surface area contributed by atoms with E-state index in [0.29, 0.717) is 0 Å². The highest BCUT2D eigenvalue weighted by atomic mass is 14.2. The van der Waals surface area contributed by atoms with Gasteiger partial charge in [-0.15, -0.1) is 0 Å². The first-order valence-corrected chi connectivity index (χ1v) is 6.58. The van der Waals surface area contributed by atoms with Crippen molar-refractivity contribution in [3.05, 3.63) is 5.92 Å². The van der Waals surface area contributed by atoms with Gasteiger partial charge < -0.3 is 0 Å². The molecule has 14 heavy (non-hydrogen) atoms. The second kappa shape index (κ2) is 9.55. The molecule has 0 aliphatic carbocycles. The lowest BCUT2D eigenvalue weighted by molar-refractivity contribution is 0.435. The normalized spacial score (nSPS) is 13.5. The van der Waals surface area contributed by atoms with Crippen LogP contribution < -0.4 is 0 Å². The summed E-state index contributed by atoms with van der Waals surface area (Å²) < 4.78 is 0. The van der Waals surface area contributed by atoms with Gasteiger partial charge in [0.15, 0.2) is 0 Å². The van der Waals surface area contributed by atoms with Crippen molar-refractivity contribution in [2.24, 2.45) is 5.92 Å². The van der Waals surface area contributed by atoms with Crippen LogP contribution >= 0.6 is 0 Å². The van der Waals surface area contributed by atoms with Gasteiger partial charge in [0.05, 0.1) is 0 Å². The van der Waals surface area contributed by atoms with Gasteiger partial charge >= 0.3 is 0 Å². The minimum atomic E-state index is 0.909. The van der Waals surface area contributed by atoms with Gasteiger partial charge in [0, 0.05) is 0 Å². The molecular weight excluding hydrogens is 168 g/mol. The molecule has 0 saturated heterocycles. The molecule has 1 unspecified atom stereocenters. The number of unbranched alkanes of at least 4 members (excludes halogenated alkanes) is 3. The lowest BCUT2D eigenvalue weighted by Gasteiger charge is -2.21. The summed E-state index contributed by atoms with van der Waals surface area (Å²) in [4.78, 5) is 0. The summed E-state index contributed by atoms with van der Waals surface area (Å²) in [6.07, 6.45) is 11.1. The quantitative estimate of drug-likeness (QED) is 0.435. The van der Waals surface area contributed by atoms with Crippen LogP contribution in [-0.4, -0.2) is 0 Å². The van der Waals surface area contributed by atoms with E-state index in [9.17, 15) is 0 Å². The van der Waals surface area contributed by atoms with E-state index in [4.69, 9.17) is 0 Å². The Bertz CT molecular complexity index is 107. The highest BCUT2D eigenvalue weighted by molar-refractivity contribution is 4.90. The van der Waals surface area contributed by atoms with Gasteiger partial charge in [0.1, 0.15) is 0 Å². The van der Waals surface area contributed by atoms with Crippen molar-refractivity contribution in [2.75, 3.05) is 0 Å². The number of hydrogen-bond donors (Lipinski definition) is 0. The van der Waals surface area contributed by atoms with Crippen molar-refractivity contribution in [3.8, 4) is 0 Å². The maximum atomic E-state index is 2.36. The largest absolute Gasteiger partial charge is 0.0654 e. The average molecular weight is 197 g/mol. The van der Waals surface area contributed by atoms with Crippen LogP contribution in [0.5, 0.6) is 0 Å². The zero-order valence-corrected chi connectivity index (χ0v) is 10.7. The summed E-state index contributed by atoms with van der Waals surface area (Å²) in [5.74, 6) is 2.65. The van der Waals surface area contributed by atoms with Crippen LogP contribution in [0.25, 0.3) is 0 Å². The SMILES string of the molecule is CCCCCCC(CC)[C](C)CCC. The molecule has 1 atom stereocenters. The molecule has 0 fully saturated rings. The van der Waals surface area contributed by atoms with Gasteiger partial charge in [-0.2, -0.15) is 0 Å². The molecule has 0 spiro atoms.